The number of ether oxygens (including phenoxy) is 2. The van der Waals surface area contributed by atoms with Gasteiger partial charge in [-0.05, 0) is 24.0 Å². The van der Waals surface area contributed by atoms with E-state index in [0.29, 0.717) is 35.7 Å². The number of nitrogens with one attached hydrogen (secondary N) is 2. The Morgan fingerprint density at radius 3 is 1.50 bits per heavy atom. The molecule has 3 aromatic rings. The maximum Gasteiger partial charge on any atom is 0.244 e. The van der Waals surface area contributed by atoms with E-state index in [1.165, 1.54) is 0 Å². The van der Waals surface area contributed by atoms with Crippen LogP contribution in [0.3, 0.4) is 0 Å². The number of hydrogen-bond donors (Lipinski definition) is 4. The van der Waals surface area contributed by atoms with E-state index in [-0.39, 0.29) is 11.8 Å². The minimum absolute atomic E-state index is 0.0424. The Morgan fingerprint density at radius 1 is 0.794 bits per heavy atom. The Bertz CT molecular complexity index is 1320. The Balaban J connectivity index is 1.62. The summed E-state index contributed by atoms with van der Waals surface area (Å²) in [6.45, 7) is 4.00. The summed E-state index contributed by atoms with van der Waals surface area (Å²) in [7, 11) is 0. The van der Waals surface area contributed by atoms with E-state index in [2.05, 4.69) is 32.5 Å². The van der Waals surface area contributed by atoms with Crippen LogP contribution in [0.4, 0.5) is 0 Å². The Kier molecular flexibility index (Phi) is 4.99. The summed E-state index contributed by atoms with van der Waals surface area (Å²) in [5, 5.41) is 34.1. The molecule has 0 spiro atoms. The molecule has 2 aromatic heterocycles. The monoisotopic (exact) mass is 454 g/mol. The third kappa shape index (κ3) is 3.00. The first-order valence-electron chi connectivity index (χ1n) is 10.9. The molecule has 4 heterocycles. The standard InChI is InChI=1S/C24H22N8O2/c1-3-15-19-17(13(9-25)21(27)33-23(19)31-29-15)11-5-7-12(8-6-11)18-14(10-26)22(28)34-24-20(18)16(4-2)30-32-24/h5-8,17-18H,3-4,27-28H2,1-2H3,(H,29,31)(H,30,32). The van der Waals surface area contributed by atoms with Crippen LogP contribution >= 0.6 is 0 Å². The number of fused-ring (bicyclic) bond motifs is 2. The Hall–Kier alpha value is -4.70. The zero-order valence-electron chi connectivity index (χ0n) is 18.6. The van der Waals surface area contributed by atoms with E-state index in [9.17, 15) is 10.5 Å². The van der Waals surface area contributed by atoms with Crippen molar-refractivity contribution in [2.75, 3.05) is 0 Å². The zero-order valence-corrected chi connectivity index (χ0v) is 18.6. The SMILES string of the molecule is CCc1[nH]nc2c1C(c1ccc(C3C(C#N)=C(N)Oc4n[nH]c(CC)c43)cc1)C(C#N)=C(N)O2. The zero-order chi connectivity index (χ0) is 24.0. The molecule has 2 atom stereocenters. The highest BCUT2D eigenvalue weighted by molar-refractivity contribution is 5.58. The fraction of sp³-hybridized carbons (Fsp3) is 0.250. The van der Waals surface area contributed by atoms with Crippen LogP contribution in [-0.4, -0.2) is 20.4 Å². The lowest BCUT2D eigenvalue weighted by atomic mass is 9.80. The van der Waals surface area contributed by atoms with Gasteiger partial charge in [0.15, 0.2) is 0 Å². The molecule has 0 amide bonds. The minimum atomic E-state index is -0.419. The molecule has 2 unspecified atom stereocenters. The van der Waals surface area contributed by atoms with Crippen LogP contribution in [0.25, 0.3) is 0 Å². The molecule has 0 radical (unpaired) electrons. The van der Waals surface area contributed by atoms with E-state index in [1.807, 2.05) is 38.1 Å². The van der Waals surface area contributed by atoms with Gasteiger partial charge in [-0.3, -0.25) is 10.2 Å². The van der Waals surface area contributed by atoms with Crippen LogP contribution in [0, 0.1) is 22.7 Å². The number of rotatable bonds is 4. The molecule has 0 saturated carbocycles. The fourth-order valence-corrected chi connectivity index (χ4v) is 4.70. The van der Waals surface area contributed by atoms with E-state index in [0.717, 1.165) is 33.6 Å². The normalized spacial score (nSPS) is 18.9. The van der Waals surface area contributed by atoms with Gasteiger partial charge in [-0.1, -0.05) is 38.1 Å². The summed E-state index contributed by atoms with van der Waals surface area (Å²) in [6, 6.07) is 12.1. The van der Waals surface area contributed by atoms with Gasteiger partial charge in [-0.2, -0.15) is 10.5 Å². The van der Waals surface area contributed by atoms with E-state index < -0.39 is 11.8 Å². The average molecular weight is 454 g/mol. The molecule has 0 fully saturated rings. The molecule has 0 aliphatic carbocycles. The van der Waals surface area contributed by atoms with Crippen LogP contribution in [0.5, 0.6) is 11.8 Å². The van der Waals surface area contributed by atoms with Crippen molar-refractivity contribution in [1.29, 1.82) is 10.5 Å². The number of allylic oxidation sites excluding steroid dienone is 2. The third-order valence-electron chi connectivity index (χ3n) is 6.35. The maximum absolute atomic E-state index is 9.84. The quantitative estimate of drug-likeness (QED) is 0.465. The van der Waals surface area contributed by atoms with Crippen molar-refractivity contribution in [3.63, 3.8) is 0 Å². The van der Waals surface area contributed by atoms with Crippen LogP contribution in [0.2, 0.25) is 0 Å². The lowest BCUT2D eigenvalue weighted by Crippen LogP contribution is -2.22. The van der Waals surface area contributed by atoms with E-state index >= 15 is 0 Å². The first-order valence-corrected chi connectivity index (χ1v) is 10.9. The number of nitrogens with two attached hydrogens (primary N) is 2. The maximum atomic E-state index is 9.84. The largest absolute Gasteiger partial charge is 0.420 e. The Labute approximate surface area is 195 Å². The van der Waals surface area contributed by atoms with E-state index in [1.54, 1.807) is 0 Å². The summed E-state index contributed by atoms with van der Waals surface area (Å²) in [5.41, 5.74) is 17.9. The molecule has 170 valence electrons. The first-order chi connectivity index (χ1) is 16.5. The molecule has 1 aromatic carbocycles. The summed E-state index contributed by atoms with van der Waals surface area (Å²) < 4.78 is 11.2. The molecule has 2 aliphatic rings. The van der Waals surface area contributed by atoms with Gasteiger partial charge in [-0.25, -0.2) is 0 Å². The first kappa shape index (κ1) is 21.2. The number of aromatic nitrogens is 4. The van der Waals surface area contributed by atoms with Crippen molar-refractivity contribution in [3.8, 4) is 23.9 Å². The number of aryl methyl sites for hydroxylation is 2. The van der Waals surface area contributed by atoms with Crippen LogP contribution in [0.15, 0.2) is 47.2 Å². The number of nitriles is 2. The predicted molar refractivity (Wildman–Crippen MR) is 121 cm³/mol. The third-order valence-corrected chi connectivity index (χ3v) is 6.35. The molecule has 34 heavy (non-hydrogen) atoms. The number of nitrogens with zero attached hydrogens (tertiary/aromatic N) is 4. The van der Waals surface area contributed by atoms with Crippen molar-refractivity contribution in [3.05, 3.63) is 80.8 Å². The highest BCUT2D eigenvalue weighted by atomic mass is 16.5. The average Bonchev–Trinajstić information content (AvgIpc) is 3.45. The summed E-state index contributed by atoms with van der Waals surface area (Å²) in [5.74, 6) is 0.00674. The molecule has 0 bridgehead atoms. The topological polar surface area (TPSA) is 175 Å². The fourth-order valence-electron chi connectivity index (χ4n) is 4.70. The second kappa shape index (κ2) is 8.01. The van der Waals surface area contributed by atoms with Crippen molar-refractivity contribution in [1.82, 2.24) is 20.4 Å². The van der Waals surface area contributed by atoms with Gasteiger partial charge in [0.05, 0.1) is 11.8 Å². The highest BCUT2D eigenvalue weighted by Gasteiger charge is 2.37. The molecule has 6 N–H and O–H groups in total. The molecule has 10 heteroatoms. The molecule has 0 saturated heterocycles. The predicted octanol–water partition coefficient (Wildman–Crippen LogP) is 2.69. The number of aromatic amines is 2. The summed E-state index contributed by atoms with van der Waals surface area (Å²) >= 11 is 0. The van der Waals surface area contributed by atoms with Crippen LogP contribution < -0.4 is 20.9 Å². The lowest BCUT2D eigenvalue weighted by molar-refractivity contribution is 0.378. The van der Waals surface area contributed by atoms with Gasteiger partial charge in [-0.15, -0.1) is 10.2 Å². The van der Waals surface area contributed by atoms with Crippen LogP contribution in [-0.2, 0) is 12.8 Å². The van der Waals surface area contributed by atoms with Crippen LogP contribution in [0.1, 0.15) is 59.3 Å². The second-order valence-corrected chi connectivity index (χ2v) is 8.07. The number of benzene rings is 1. The number of hydrogen-bond acceptors (Lipinski definition) is 8. The Morgan fingerprint density at radius 2 is 1.18 bits per heavy atom. The van der Waals surface area contributed by atoms with Crippen molar-refractivity contribution < 1.29 is 9.47 Å². The molecule has 10 nitrogen and oxygen atoms in total. The molecular weight excluding hydrogens is 432 g/mol. The second-order valence-electron chi connectivity index (χ2n) is 8.07. The smallest absolute Gasteiger partial charge is 0.244 e. The van der Waals surface area contributed by atoms with Crippen molar-refractivity contribution in [2.45, 2.75) is 38.5 Å². The van der Waals surface area contributed by atoms with Gasteiger partial charge in [0.25, 0.3) is 0 Å². The van der Waals surface area contributed by atoms with Crippen molar-refractivity contribution >= 4 is 0 Å². The summed E-state index contributed by atoms with van der Waals surface area (Å²) in [4.78, 5) is 0. The number of H-pyrrole nitrogens is 2. The lowest BCUT2D eigenvalue weighted by Gasteiger charge is -2.26. The molecular formula is C24H22N8O2. The summed E-state index contributed by atoms with van der Waals surface area (Å²) in [6.07, 6.45) is 1.39. The van der Waals surface area contributed by atoms with E-state index in [4.69, 9.17) is 20.9 Å². The highest BCUT2D eigenvalue weighted by Crippen LogP contribution is 2.45. The minimum Gasteiger partial charge on any atom is -0.420 e. The van der Waals surface area contributed by atoms with Gasteiger partial charge in [0.2, 0.25) is 23.5 Å². The molecule has 2 aliphatic heterocycles. The van der Waals surface area contributed by atoms with Gasteiger partial charge in [0, 0.05) is 22.5 Å². The molecule has 5 rings (SSSR count). The van der Waals surface area contributed by atoms with Gasteiger partial charge < -0.3 is 20.9 Å². The van der Waals surface area contributed by atoms with Crippen molar-refractivity contribution in [2.24, 2.45) is 11.5 Å². The van der Waals surface area contributed by atoms with Gasteiger partial charge in [0.1, 0.15) is 23.3 Å². The van der Waals surface area contributed by atoms with Gasteiger partial charge >= 0.3 is 0 Å².